The minimum absolute atomic E-state index is 0.00818. The normalized spacial score (nSPS) is 35.6. The van der Waals surface area contributed by atoms with Crippen LogP contribution in [0.2, 0.25) is 0 Å². The summed E-state index contributed by atoms with van der Waals surface area (Å²) in [5.41, 5.74) is -0.413. The van der Waals surface area contributed by atoms with E-state index in [1.165, 1.54) is 0 Å². The zero-order valence-corrected chi connectivity index (χ0v) is 42.2. The Bertz CT molecular complexity index is 2050. The van der Waals surface area contributed by atoms with Crippen LogP contribution in [0.3, 0.4) is 0 Å². The van der Waals surface area contributed by atoms with E-state index in [-0.39, 0.29) is 96.4 Å². The smallest absolute Gasteiger partial charge is 0.337 e. The van der Waals surface area contributed by atoms with Gasteiger partial charge in [0.25, 0.3) is 0 Å². The van der Waals surface area contributed by atoms with Crippen molar-refractivity contribution in [2.75, 3.05) is 32.0 Å². The van der Waals surface area contributed by atoms with Gasteiger partial charge in [0.1, 0.15) is 25.0 Å². The fraction of sp³-hybridized carbons (Fsp3) is 0.808. The van der Waals surface area contributed by atoms with Crippen LogP contribution >= 0.6 is 11.8 Å². The van der Waals surface area contributed by atoms with E-state index in [0.29, 0.717) is 80.2 Å². The Labute approximate surface area is 411 Å². The molecule has 13 atom stereocenters. The molecule has 5 amide bonds. The number of amides is 5. The predicted molar refractivity (Wildman–Crippen MR) is 257 cm³/mol. The number of nitrogens with one attached hydrogen (secondary N) is 5. The number of hydrogen-bond acceptors (Lipinski definition) is 12. The van der Waals surface area contributed by atoms with Crippen LogP contribution in [0.15, 0.2) is 11.1 Å². The lowest BCUT2D eigenvalue weighted by Crippen LogP contribution is -2.63. The molecule has 0 bridgehead atoms. The number of unbranched alkanes of at least 4 members (excludes halogenated alkanes) is 5. The number of cyclic esters (lactones) is 1. The number of ether oxygens (including phenoxy) is 3. The Morgan fingerprint density at radius 1 is 0.812 bits per heavy atom. The molecular formula is C52H77N5O11S. The molecule has 4 saturated carbocycles. The Balaban J connectivity index is 0.639. The van der Waals surface area contributed by atoms with Gasteiger partial charge in [-0.15, -0.1) is 0 Å². The lowest BCUT2D eigenvalue weighted by atomic mass is 9.44. The Kier molecular flexibility index (Phi) is 16.2. The molecule has 1 spiro atoms. The van der Waals surface area contributed by atoms with Gasteiger partial charge in [0.15, 0.2) is 11.4 Å². The lowest BCUT2D eigenvalue weighted by Gasteiger charge is -2.58. The molecule has 4 heterocycles. The first kappa shape index (κ1) is 51.4. The zero-order valence-electron chi connectivity index (χ0n) is 41.4. The Morgan fingerprint density at radius 2 is 1.48 bits per heavy atom. The second-order valence-electron chi connectivity index (χ2n) is 22.1. The molecule has 4 aliphatic carbocycles. The molecule has 8 aliphatic rings. The monoisotopic (exact) mass is 980 g/mol. The average Bonchev–Trinajstić information content (AvgIpc) is 3.53. The standard InChI is InChI=1S/C52H77N5O11S/c1-30-25-38(31(2)34-17-18-35-32-26-42-52(68-42)41(59)20-19-40(58)51(52,4)36(32)21-22-50(34,35)3)67-48(64)33(30)28-66-46(63)27-55-45(62)15-8-6-12-23-53-43(60)14-7-5-11-24-54-44(61)16-10-9-13-39-47-37(29-69-39)56-49(65)57-47/h31-32,34-39,42,47H,5-29H2,1-4H3,(H,53,60)(H,54,61)(H,55,62)(H2,56,57,65)/t31-,32?,34?,35?,36?,37?,38?,39?,42+,47?,50+,51-,52+/m0/s1. The quantitative estimate of drug-likeness (QED) is 0.0369. The van der Waals surface area contributed by atoms with E-state index in [2.05, 4.69) is 40.4 Å². The minimum Gasteiger partial charge on any atom is -0.459 e. The van der Waals surface area contributed by atoms with Crippen LogP contribution in [0.25, 0.3) is 0 Å². The molecule has 0 aromatic rings. The molecule has 8 unspecified atom stereocenters. The van der Waals surface area contributed by atoms with Crippen molar-refractivity contribution in [3.05, 3.63) is 11.1 Å². The molecule has 0 aromatic heterocycles. The first-order chi connectivity index (χ1) is 33.1. The molecule has 3 saturated heterocycles. The van der Waals surface area contributed by atoms with Crippen LogP contribution in [-0.2, 0) is 47.8 Å². The van der Waals surface area contributed by atoms with E-state index < -0.39 is 23.0 Å². The number of rotatable bonds is 23. The third-order valence-electron chi connectivity index (χ3n) is 18.2. The van der Waals surface area contributed by atoms with Gasteiger partial charge >= 0.3 is 18.0 Å². The summed E-state index contributed by atoms with van der Waals surface area (Å²) in [5, 5.41) is 14.9. The second-order valence-corrected chi connectivity index (χ2v) is 23.4. The summed E-state index contributed by atoms with van der Waals surface area (Å²) in [7, 11) is 0. The summed E-state index contributed by atoms with van der Waals surface area (Å²) in [4.78, 5) is 101. The van der Waals surface area contributed by atoms with Crippen LogP contribution in [0.4, 0.5) is 4.79 Å². The number of urea groups is 1. The van der Waals surface area contributed by atoms with Crippen molar-refractivity contribution in [2.24, 2.45) is 40.4 Å². The second kappa shape index (κ2) is 21.8. The topological polar surface area (TPSA) is 228 Å². The van der Waals surface area contributed by atoms with Crippen molar-refractivity contribution in [1.82, 2.24) is 26.6 Å². The number of epoxide rings is 1. The fourth-order valence-corrected chi connectivity index (χ4v) is 15.9. The maximum absolute atomic E-state index is 13.6. The van der Waals surface area contributed by atoms with Gasteiger partial charge < -0.3 is 40.8 Å². The van der Waals surface area contributed by atoms with Gasteiger partial charge in [0.05, 0.1) is 29.2 Å². The molecule has 382 valence electrons. The number of hydrogen-bond donors (Lipinski definition) is 5. The Morgan fingerprint density at radius 3 is 2.17 bits per heavy atom. The number of esters is 2. The summed E-state index contributed by atoms with van der Waals surface area (Å²) in [6, 6.07) is 0.348. The predicted octanol–water partition coefficient (Wildman–Crippen LogP) is 5.53. The summed E-state index contributed by atoms with van der Waals surface area (Å²) < 4.78 is 17.8. The molecule has 17 heteroatoms. The number of fused-ring (bicyclic) bond motifs is 5. The van der Waals surface area contributed by atoms with Crippen molar-refractivity contribution in [2.45, 2.75) is 191 Å². The van der Waals surface area contributed by atoms with E-state index in [1.807, 2.05) is 25.6 Å². The molecule has 7 fully saturated rings. The van der Waals surface area contributed by atoms with Crippen molar-refractivity contribution < 1.29 is 52.6 Å². The highest BCUT2D eigenvalue weighted by atomic mass is 32.2. The van der Waals surface area contributed by atoms with Gasteiger partial charge in [-0.25, -0.2) is 9.59 Å². The number of thioether (sulfide) groups is 1. The number of ketones is 2. The van der Waals surface area contributed by atoms with E-state index in [9.17, 15) is 38.4 Å². The van der Waals surface area contributed by atoms with Crippen LogP contribution in [0.1, 0.15) is 156 Å². The molecule has 8 rings (SSSR count). The van der Waals surface area contributed by atoms with Gasteiger partial charge in [0.2, 0.25) is 17.7 Å². The molecule has 16 nitrogen and oxygen atoms in total. The van der Waals surface area contributed by atoms with Crippen molar-refractivity contribution in [1.29, 1.82) is 0 Å². The third-order valence-corrected chi connectivity index (χ3v) is 19.8. The van der Waals surface area contributed by atoms with Crippen LogP contribution in [0.5, 0.6) is 0 Å². The average molecular weight is 980 g/mol. The van der Waals surface area contributed by atoms with Gasteiger partial charge in [0, 0.05) is 62.6 Å². The molecule has 4 aliphatic heterocycles. The SMILES string of the molecule is CC1=C(COC(=O)CNC(=O)CCCCCNC(=O)CCCCCNC(=O)CCCCC2SCC3NC(=O)NC32)C(=O)OC([C@@H](C)C2CCC3C4C[C@H]5O[C@]56C(=O)CCC(=O)[C@]6(C)C4CC[C@@]32C)C1. The highest BCUT2D eigenvalue weighted by molar-refractivity contribution is 8.00. The van der Waals surface area contributed by atoms with E-state index in [0.717, 1.165) is 94.8 Å². The summed E-state index contributed by atoms with van der Waals surface area (Å²) >= 11 is 1.89. The van der Waals surface area contributed by atoms with Gasteiger partial charge in [-0.05, 0) is 119 Å². The molecule has 5 N–H and O–H groups in total. The van der Waals surface area contributed by atoms with Crippen molar-refractivity contribution in [3.8, 4) is 0 Å². The van der Waals surface area contributed by atoms with Crippen molar-refractivity contribution in [3.63, 3.8) is 0 Å². The number of carbonyl (C=O) groups excluding carboxylic acids is 8. The minimum atomic E-state index is -0.890. The van der Waals surface area contributed by atoms with Crippen molar-refractivity contribution >= 4 is 59.0 Å². The third kappa shape index (κ3) is 10.7. The number of Topliss-reactive ketones (excluding diaryl/α,β-unsaturated/α-hetero) is 2. The zero-order chi connectivity index (χ0) is 49.1. The van der Waals surface area contributed by atoms with E-state index >= 15 is 0 Å². The first-order valence-corrected chi connectivity index (χ1v) is 27.4. The molecule has 0 radical (unpaired) electrons. The number of carbonyl (C=O) groups is 8. The first-order valence-electron chi connectivity index (χ1n) is 26.3. The van der Waals surface area contributed by atoms with E-state index in [4.69, 9.17) is 14.2 Å². The maximum atomic E-state index is 13.6. The van der Waals surface area contributed by atoms with Gasteiger partial charge in [-0.1, -0.05) is 38.7 Å². The summed E-state index contributed by atoms with van der Waals surface area (Å²) in [6.45, 7) is 9.14. The highest BCUT2D eigenvalue weighted by Crippen LogP contribution is 2.73. The maximum Gasteiger partial charge on any atom is 0.337 e. The summed E-state index contributed by atoms with van der Waals surface area (Å²) in [6.07, 6.45) is 14.0. The fourth-order valence-electron chi connectivity index (χ4n) is 14.4. The van der Waals surface area contributed by atoms with Gasteiger partial charge in [-0.2, -0.15) is 11.8 Å². The molecule has 69 heavy (non-hydrogen) atoms. The largest absolute Gasteiger partial charge is 0.459 e. The van der Waals surface area contributed by atoms with Gasteiger partial charge in [-0.3, -0.25) is 28.8 Å². The van der Waals surface area contributed by atoms with E-state index in [1.54, 1.807) is 0 Å². The Hall–Kier alpha value is -3.99. The lowest BCUT2D eigenvalue weighted by molar-refractivity contribution is -0.162. The van der Waals surface area contributed by atoms with Crippen LogP contribution in [0, 0.1) is 40.4 Å². The molecular weight excluding hydrogens is 903 g/mol. The van der Waals surface area contributed by atoms with Crippen LogP contribution in [-0.4, -0.2) is 114 Å². The highest BCUT2D eigenvalue weighted by Gasteiger charge is 2.81. The van der Waals surface area contributed by atoms with Crippen LogP contribution < -0.4 is 26.6 Å². The molecule has 0 aromatic carbocycles. The summed E-state index contributed by atoms with van der Waals surface area (Å²) in [5.74, 6) is 1.28.